The minimum absolute atomic E-state index is 0.250. The van der Waals surface area contributed by atoms with Gasteiger partial charge in [-0.3, -0.25) is 19.5 Å². The fourth-order valence-corrected chi connectivity index (χ4v) is 3.26. The maximum Gasteiger partial charge on any atom is 0.416 e. The Labute approximate surface area is 224 Å². The number of nitrogens with two attached hydrogens (primary N) is 2. The lowest BCUT2D eigenvalue weighted by molar-refractivity contribution is -0.106. The largest absolute Gasteiger partial charge is 0.424 e. The molecule has 4 aromatic rings. The number of primary amides is 2. The van der Waals surface area contributed by atoms with Gasteiger partial charge in [0.15, 0.2) is 0 Å². The third-order valence-electron chi connectivity index (χ3n) is 5.26. The average Bonchev–Trinajstić information content (AvgIpc) is 3.27. The van der Waals surface area contributed by atoms with Crippen LogP contribution >= 0.6 is 0 Å². The van der Waals surface area contributed by atoms with Gasteiger partial charge in [-0.25, -0.2) is 19.1 Å². The molecule has 0 fully saturated rings. The van der Waals surface area contributed by atoms with Crippen LogP contribution < -0.4 is 16.4 Å². The van der Waals surface area contributed by atoms with Crippen molar-refractivity contribution in [2.24, 2.45) is 11.5 Å². The predicted octanol–water partition coefficient (Wildman–Crippen LogP) is 2.32. The van der Waals surface area contributed by atoms with Crippen LogP contribution in [0.15, 0.2) is 61.4 Å². The smallest absolute Gasteiger partial charge is 0.416 e. The molecule has 4 rings (SSSR count). The van der Waals surface area contributed by atoms with E-state index in [9.17, 15) is 14.4 Å². The van der Waals surface area contributed by atoms with Crippen molar-refractivity contribution in [3.05, 3.63) is 89.3 Å². The quantitative estimate of drug-likeness (QED) is 0.220. The van der Waals surface area contributed by atoms with Crippen molar-refractivity contribution in [1.82, 2.24) is 19.6 Å². The summed E-state index contributed by atoms with van der Waals surface area (Å²) in [6.07, 6.45) is 7.25. The first-order chi connectivity index (χ1) is 18.6. The number of amides is 3. The first-order valence-electron chi connectivity index (χ1n) is 11.4. The van der Waals surface area contributed by atoms with Gasteiger partial charge in [0.1, 0.15) is 6.33 Å². The van der Waals surface area contributed by atoms with Gasteiger partial charge < -0.3 is 20.9 Å². The number of hydrogen-bond acceptors (Lipinski definition) is 9. The molecule has 13 nitrogen and oxygen atoms in total. The lowest BCUT2D eigenvalue weighted by Crippen LogP contribution is -2.29. The van der Waals surface area contributed by atoms with Crippen LogP contribution in [0.5, 0.6) is 0 Å². The number of esters is 1. The normalized spacial score (nSPS) is 9.74. The van der Waals surface area contributed by atoms with Crippen molar-refractivity contribution in [3.63, 3.8) is 0 Å². The number of hydrogen-bond donors (Lipinski definition) is 2. The molecule has 39 heavy (non-hydrogen) atoms. The zero-order valence-electron chi connectivity index (χ0n) is 21.9. The van der Waals surface area contributed by atoms with Crippen molar-refractivity contribution >= 4 is 35.6 Å². The Bertz CT molecular complexity index is 1440. The molecule has 0 aliphatic heterocycles. The second-order valence-corrected chi connectivity index (χ2v) is 7.96. The molecule has 3 aromatic heterocycles. The van der Waals surface area contributed by atoms with Crippen LogP contribution in [-0.2, 0) is 14.3 Å². The van der Waals surface area contributed by atoms with Gasteiger partial charge in [-0.15, -0.1) is 0 Å². The average molecular weight is 536 g/mol. The van der Waals surface area contributed by atoms with Crippen molar-refractivity contribution in [1.29, 1.82) is 0 Å². The van der Waals surface area contributed by atoms with Crippen LogP contribution in [0, 0.1) is 20.8 Å². The third kappa shape index (κ3) is 8.35. The van der Waals surface area contributed by atoms with Gasteiger partial charge >= 0.3 is 12.1 Å². The van der Waals surface area contributed by atoms with Crippen LogP contribution in [0.1, 0.15) is 37.4 Å². The molecule has 0 unspecified atom stereocenters. The van der Waals surface area contributed by atoms with E-state index in [4.69, 9.17) is 20.0 Å². The third-order valence-corrected chi connectivity index (χ3v) is 5.26. The van der Waals surface area contributed by atoms with E-state index in [0.717, 1.165) is 27.9 Å². The summed E-state index contributed by atoms with van der Waals surface area (Å²) in [5.74, 6) is -1.04. The second kappa shape index (κ2) is 14.4. The Kier molecular flexibility index (Phi) is 11.1. The zero-order chi connectivity index (χ0) is 28.9. The van der Waals surface area contributed by atoms with Crippen LogP contribution in [0.4, 0.5) is 10.5 Å². The molecule has 0 atom stereocenters. The molecule has 0 saturated carbocycles. The highest BCUT2D eigenvalue weighted by Crippen LogP contribution is 2.21. The van der Waals surface area contributed by atoms with Crippen LogP contribution in [0.2, 0.25) is 0 Å². The molecule has 0 spiro atoms. The van der Waals surface area contributed by atoms with Crippen LogP contribution in [-0.4, -0.2) is 57.8 Å². The number of aromatic nitrogens is 4. The summed E-state index contributed by atoms with van der Waals surface area (Å²) < 4.78 is 11.4. The number of fused-ring (bicyclic) bond motifs is 1. The number of carbonyl (C=O) groups is 4. The van der Waals surface area contributed by atoms with Crippen molar-refractivity contribution in [2.45, 2.75) is 20.8 Å². The maximum absolute atomic E-state index is 12.0. The number of nitrogens with zero attached hydrogens (tertiary/aromatic N) is 5. The Morgan fingerprint density at radius 1 is 1.08 bits per heavy atom. The molecule has 3 amide bonds. The van der Waals surface area contributed by atoms with E-state index in [1.165, 1.54) is 17.4 Å². The Balaban J connectivity index is 0.000000279. The van der Waals surface area contributed by atoms with Crippen LogP contribution in [0.3, 0.4) is 0 Å². The van der Waals surface area contributed by atoms with Gasteiger partial charge in [-0.2, -0.15) is 5.10 Å². The Morgan fingerprint density at radius 2 is 1.79 bits per heavy atom. The van der Waals surface area contributed by atoms with E-state index in [2.05, 4.69) is 20.8 Å². The highest BCUT2D eigenvalue weighted by atomic mass is 16.7. The summed E-state index contributed by atoms with van der Waals surface area (Å²) in [6.45, 7) is 5.21. The number of rotatable bonds is 5. The molecule has 204 valence electrons. The summed E-state index contributed by atoms with van der Waals surface area (Å²) in [6, 6.07) is 8.97. The summed E-state index contributed by atoms with van der Waals surface area (Å²) in [7, 11) is 1.60. The summed E-state index contributed by atoms with van der Waals surface area (Å²) in [4.78, 5) is 52.3. The predicted molar refractivity (Wildman–Crippen MR) is 142 cm³/mol. The molecule has 13 heteroatoms. The first-order valence-corrected chi connectivity index (χ1v) is 11.4. The zero-order valence-corrected chi connectivity index (χ0v) is 21.9. The molecule has 3 heterocycles. The number of aryl methyl sites for hydroxylation is 3. The van der Waals surface area contributed by atoms with Crippen molar-refractivity contribution in [3.8, 4) is 0 Å². The summed E-state index contributed by atoms with van der Waals surface area (Å²) >= 11 is 0. The van der Waals surface area contributed by atoms with Crippen molar-refractivity contribution in [2.75, 3.05) is 18.7 Å². The number of pyridine rings is 1. The summed E-state index contributed by atoms with van der Waals surface area (Å²) in [5, 5.41) is 3.94. The number of ether oxygens (including phenoxy) is 2. The molecule has 0 saturated heterocycles. The molecule has 0 bridgehead atoms. The van der Waals surface area contributed by atoms with E-state index in [1.54, 1.807) is 42.3 Å². The Hall–Kier alpha value is -5.33. The van der Waals surface area contributed by atoms with E-state index >= 15 is 0 Å². The van der Waals surface area contributed by atoms with Gasteiger partial charge in [-0.1, -0.05) is 12.1 Å². The van der Waals surface area contributed by atoms with E-state index in [1.807, 2.05) is 39.0 Å². The number of anilines is 1. The van der Waals surface area contributed by atoms with Crippen LogP contribution in [0.25, 0.3) is 5.52 Å². The van der Waals surface area contributed by atoms with Crippen molar-refractivity contribution < 1.29 is 28.7 Å². The minimum Gasteiger partial charge on any atom is -0.424 e. The molecule has 0 aliphatic carbocycles. The molecular formula is C26H29N7O6. The SMILES string of the molecule is Cc1c(C(N)=O)cn2ncncc12.Cc1ccc(C)c(N(C)C(=O)OCOC(=O)c2cccnc2)c1.NC=O. The maximum atomic E-state index is 12.0. The molecular weight excluding hydrogens is 506 g/mol. The van der Waals surface area contributed by atoms with Gasteiger partial charge in [0.25, 0.3) is 5.91 Å². The number of benzene rings is 1. The fourth-order valence-electron chi connectivity index (χ4n) is 3.26. The van der Waals surface area contributed by atoms with Gasteiger partial charge in [0, 0.05) is 31.3 Å². The molecule has 0 radical (unpaired) electrons. The first kappa shape index (κ1) is 29.9. The molecule has 1 aromatic carbocycles. The fraction of sp³-hybridized carbons (Fsp3) is 0.192. The highest BCUT2D eigenvalue weighted by Gasteiger charge is 2.16. The van der Waals surface area contributed by atoms with E-state index in [0.29, 0.717) is 11.1 Å². The lowest BCUT2D eigenvalue weighted by atomic mass is 10.1. The second-order valence-electron chi connectivity index (χ2n) is 7.96. The summed E-state index contributed by atoms with van der Waals surface area (Å²) in [5.41, 5.74) is 14.5. The topological polar surface area (TPSA) is 185 Å². The van der Waals surface area contributed by atoms with Gasteiger partial charge in [0.05, 0.1) is 22.8 Å². The Morgan fingerprint density at radius 3 is 2.41 bits per heavy atom. The molecule has 0 aliphatic rings. The minimum atomic E-state index is -0.599. The lowest BCUT2D eigenvalue weighted by Gasteiger charge is -2.19. The van der Waals surface area contributed by atoms with Gasteiger partial charge in [-0.05, 0) is 55.7 Å². The van der Waals surface area contributed by atoms with E-state index < -0.39 is 24.8 Å². The van der Waals surface area contributed by atoms with E-state index in [-0.39, 0.29) is 6.41 Å². The monoisotopic (exact) mass is 535 g/mol. The van der Waals surface area contributed by atoms with Gasteiger partial charge in [0.2, 0.25) is 13.2 Å². The molecule has 4 N–H and O–H groups in total. The standard InChI is InChI=1S/C17H18N2O4.C8H8N4O.CH3NO/c1-12-6-7-13(2)15(9-12)19(3)17(21)23-11-22-16(20)14-5-4-8-18-10-14;1-5-6(8(9)13)3-12-7(5)2-10-4-11-12;2-1-3/h4-10H,11H2,1-3H3;2-4H,1H3,(H2,9,13);1H,(H2,2,3). The highest BCUT2D eigenvalue weighted by molar-refractivity contribution is 5.96. The number of carbonyl (C=O) groups excluding carboxylic acids is 4.